The number of hydrogen-bond donors (Lipinski definition) is 1. The van der Waals surface area contributed by atoms with Gasteiger partial charge in [0, 0.05) is 0 Å². The first-order chi connectivity index (χ1) is 19.5. The van der Waals surface area contributed by atoms with Crippen molar-refractivity contribution in [3.63, 3.8) is 0 Å². The predicted molar refractivity (Wildman–Crippen MR) is 155 cm³/mol. The van der Waals surface area contributed by atoms with Gasteiger partial charge in [-0.2, -0.15) is 0 Å². The van der Waals surface area contributed by atoms with Crippen LogP contribution in [-0.4, -0.2) is 85.1 Å². The van der Waals surface area contributed by atoms with Gasteiger partial charge in [0.25, 0.3) is 5.91 Å². The van der Waals surface area contributed by atoms with Crippen molar-refractivity contribution in [1.29, 1.82) is 0 Å². The van der Waals surface area contributed by atoms with Crippen LogP contribution in [0.25, 0.3) is 0 Å². The Hall–Kier alpha value is -2.70. The van der Waals surface area contributed by atoms with E-state index in [-0.39, 0.29) is 10.9 Å². The Morgan fingerprint density at radius 1 is 0.902 bits per heavy atom. The summed E-state index contributed by atoms with van der Waals surface area (Å²) < 4.78 is 43.4. The van der Waals surface area contributed by atoms with E-state index in [1.54, 1.807) is 30.3 Å². The topological polar surface area (TPSA) is 142 Å². The molecule has 0 aromatic heterocycles. The van der Waals surface area contributed by atoms with E-state index in [0.717, 1.165) is 7.11 Å². The molecule has 0 unspecified atom stereocenters. The third-order valence-corrected chi connectivity index (χ3v) is 8.05. The van der Waals surface area contributed by atoms with E-state index >= 15 is 0 Å². The highest BCUT2D eigenvalue weighted by Crippen LogP contribution is 2.24. The number of nitrogens with one attached hydrogen (secondary N) is 1. The van der Waals surface area contributed by atoms with Crippen molar-refractivity contribution in [3.05, 3.63) is 35.9 Å². The number of rotatable bonds is 17. The van der Waals surface area contributed by atoms with Crippen LogP contribution in [0.1, 0.15) is 84.6 Å². The maximum atomic E-state index is 11.7. The Bertz CT molecular complexity index is 998. The van der Waals surface area contributed by atoms with Crippen molar-refractivity contribution in [2.24, 2.45) is 0 Å². The minimum Gasteiger partial charge on any atom is -0.731 e. The van der Waals surface area contributed by atoms with E-state index in [9.17, 15) is 27.4 Å². The third kappa shape index (κ3) is 12.0. The molecule has 1 heterocycles. The molecule has 0 radical (unpaired) electrons. The first kappa shape index (κ1) is 36.3. The number of alkyl carbamates (subject to hydrolysis) is 1. The fourth-order valence-corrected chi connectivity index (χ4v) is 5.56. The van der Waals surface area contributed by atoms with E-state index in [4.69, 9.17) is 4.74 Å². The molecule has 234 valence electrons. The highest BCUT2D eigenvalue weighted by molar-refractivity contribution is 7.84. The molecule has 1 aliphatic heterocycles. The molecule has 0 aliphatic carbocycles. The van der Waals surface area contributed by atoms with Gasteiger partial charge < -0.3 is 23.8 Å². The zero-order valence-electron chi connectivity index (χ0n) is 25.3. The average molecular weight is 600 g/mol. The van der Waals surface area contributed by atoms with Crippen LogP contribution in [-0.2, 0) is 36.0 Å². The summed E-state index contributed by atoms with van der Waals surface area (Å²) in [7, 11) is -4.25. The van der Waals surface area contributed by atoms with Crippen LogP contribution < -0.4 is 5.32 Å². The Morgan fingerprint density at radius 2 is 1.37 bits per heavy atom. The van der Waals surface area contributed by atoms with Crippen LogP contribution in [0.3, 0.4) is 0 Å². The lowest BCUT2D eigenvalue weighted by Crippen LogP contribution is -2.74. The maximum absolute atomic E-state index is 11.7. The molecule has 12 heteroatoms. The van der Waals surface area contributed by atoms with E-state index < -0.39 is 40.4 Å². The second kappa shape index (κ2) is 18.7. The molecule has 0 spiro atoms. The molecule has 11 nitrogen and oxygen atoms in total. The molecule has 1 aromatic carbocycles. The van der Waals surface area contributed by atoms with Gasteiger partial charge in [-0.15, -0.1) is 0 Å². The van der Waals surface area contributed by atoms with E-state index in [1.807, 2.05) is 5.32 Å². The smallest absolute Gasteiger partial charge is 0.408 e. The summed E-state index contributed by atoms with van der Waals surface area (Å²) in [5.41, 5.74) is 0.681. The van der Waals surface area contributed by atoms with Crippen molar-refractivity contribution in [2.45, 2.75) is 97.8 Å². The number of esters is 1. The van der Waals surface area contributed by atoms with Gasteiger partial charge in [0.15, 0.2) is 16.3 Å². The van der Waals surface area contributed by atoms with Gasteiger partial charge in [-0.1, -0.05) is 83.7 Å². The Balaban J connectivity index is 0.000000438. The zero-order valence-corrected chi connectivity index (χ0v) is 26.1. The molecular formula is C29H49N3O8S. The number of methoxy groups -OCH3 is 1. The molecule has 1 aromatic rings. The van der Waals surface area contributed by atoms with Crippen LogP contribution in [0, 0.1) is 0 Å². The van der Waals surface area contributed by atoms with Gasteiger partial charge >= 0.3 is 12.1 Å². The summed E-state index contributed by atoms with van der Waals surface area (Å²) in [5.74, 6) is -2.39. The van der Waals surface area contributed by atoms with E-state index in [1.165, 1.54) is 82.0 Å². The maximum Gasteiger partial charge on any atom is 0.408 e. The molecule has 2 amide bonds. The standard InChI is InChI=1S/C16H36N.C13H14N2O8S/c1-5-9-13-17(14-10-6-2,15-11-7-3)16-12-8-4;1-22-12(17)10-9(11(16)15(10)24(19,20)21)14-13(18)23-7-8-5-3-2-4-6-8/h5-16H2,1-4H3;2-6,9-10H,7H2,1H3,(H,14,18)(H,19,20,21)/q+1;/p-1/t;9-,10-/m.0/s1. The number of carbonyl (C=O) groups excluding carboxylic acids is 3. The first-order valence-corrected chi connectivity index (χ1v) is 16.1. The minimum absolute atomic E-state index is 0.0972. The molecule has 1 aliphatic rings. The number of quaternary nitrogens is 1. The van der Waals surface area contributed by atoms with Crippen LogP contribution in [0.15, 0.2) is 30.3 Å². The molecule has 1 N–H and O–H groups in total. The highest BCUT2D eigenvalue weighted by Gasteiger charge is 2.56. The Morgan fingerprint density at radius 3 is 1.76 bits per heavy atom. The van der Waals surface area contributed by atoms with Crippen molar-refractivity contribution in [3.8, 4) is 0 Å². The second-order valence-corrected chi connectivity index (χ2v) is 11.6. The summed E-state index contributed by atoms with van der Waals surface area (Å²) in [4.78, 5) is 35.0. The summed E-state index contributed by atoms with van der Waals surface area (Å²) in [6.07, 6.45) is 10.0. The average Bonchev–Trinajstić information content (AvgIpc) is 2.96. The molecule has 2 rings (SSSR count). The number of unbranched alkanes of at least 4 members (excludes halogenated alkanes) is 4. The van der Waals surface area contributed by atoms with Crippen molar-refractivity contribution < 1.29 is 41.3 Å². The van der Waals surface area contributed by atoms with Crippen LogP contribution >= 0.6 is 0 Å². The number of benzene rings is 1. The third-order valence-electron chi connectivity index (χ3n) is 7.17. The van der Waals surface area contributed by atoms with Gasteiger partial charge in [0.1, 0.15) is 12.6 Å². The molecular weight excluding hydrogens is 550 g/mol. The summed E-state index contributed by atoms with van der Waals surface area (Å²) in [6, 6.07) is 5.33. The molecule has 0 bridgehead atoms. The molecule has 1 fully saturated rings. The van der Waals surface area contributed by atoms with E-state index in [2.05, 4.69) is 32.4 Å². The van der Waals surface area contributed by atoms with E-state index in [0.29, 0.717) is 5.56 Å². The van der Waals surface area contributed by atoms with Gasteiger partial charge in [0.05, 0.1) is 33.3 Å². The van der Waals surface area contributed by atoms with Gasteiger partial charge in [-0.25, -0.2) is 22.3 Å². The molecule has 1 saturated heterocycles. The van der Waals surface area contributed by atoms with Gasteiger partial charge in [-0.05, 0) is 31.2 Å². The fraction of sp³-hybridized carbons (Fsp3) is 0.690. The van der Waals surface area contributed by atoms with Crippen LogP contribution in [0.5, 0.6) is 0 Å². The summed E-state index contributed by atoms with van der Waals surface area (Å²) >= 11 is 0. The lowest BCUT2D eigenvalue weighted by Gasteiger charge is -2.44. The lowest BCUT2D eigenvalue weighted by atomic mass is 9.99. The quantitative estimate of drug-likeness (QED) is 0.122. The number of ether oxygens (including phenoxy) is 2. The fourth-order valence-electron chi connectivity index (χ4n) is 4.74. The Labute approximate surface area is 246 Å². The number of nitrogens with zero attached hydrogens (tertiary/aromatic N) is 2. The minimum atomic E-state index is -5.20. The number of carbonyl (C=O) groups is 3. The molecule has 0 saturated carbocycles. The molecule has 2 atom stereocenters. The van der Waals surface area contributed by atoms with Gasteiger partial charge in [0.2, 0.25) is 0 Å². The van der Waals surface area contributed by atoms with Crippen LogP contribution in [0.2, 0.25) is 0 Å². The van der Waals surface area contributed by atoms with Crippen molar-refractivity contribution >= 4 is 28.3 Å². The number of hydrogen-bond acceptors (Lipinski definition) is 8. The summed E-state index contributed by atoms with van der Waals surface area (Å²) in [5, 5.41) is 2.05. The van der Waals surface area contributed by atoms with Crippen LogP contribution in [0.4, 0.5) is 4.79 Å². The predicted octanol–water partition coefficient (Wildman–Crippen LogP) is 4.13. The second-order valence-electron chi connectivity index (χ2n) is 10.4. The number of β-lactam (4-membered cyclic amide) rings is 1. The van der Waals surface area contributed by atoms with Gasteiger partial charge in [-0.3, -0.25) is 4.79 Å². The summed E-state index contributed by atoms with van der Waals surface area (Å²) in [6.45, 7) is 14.9. The zero-order chi connectivity index (χ0) is 30.9. The van der Waals surface area contributed by atoms with Crippen molar-refractivity contribution in [1.82, 2.24) is 9.62 Å². The SMILES string of the molecule is CCCC[N+](CCCC)(CCCC)CCCC.COC(=O)[C@@H]1[C@H](NC(=O)OCc2ccccc2)C(=O)N1S(=O)(=O)[O-]. The monoisotopic (exact) mass is 599 g/mol. The molecule has 41 heavy (non-hydrogen) atoms. The highest BCUT2D eigenvalue weighted by atomic mass is 32.2. The normalized spacial score (nSPS) is 16.7. The lowest BCUT2D eigenvalue weighted by molar-refractivity contribution is -0.929. The Kier molecular flexibility index (Phi) is 16.5. The first-order valence-electron chi connectivity index (χ1n) is 14.7. The largest absolute Gasteiger partial charge is 0.731 e. The number of amides is 2. The van der Waals surface area contributed by atoms with Crippen molar-refractivity contribution in [2.75, 3.05) is 33.3 Å².